The summed E-state index contributed by atoms with van der Waals surface area (Å²) in [5, 5.41) is 5.81. The van der Waals surface area contributed by atoms with Gasteiger partial charge in [-0.1, -0.05) is 37.3 Å². The zero-order valence-corrected chi connectivity index (χ0v) is 16.5. The maximum atomic E-state index is 12.4. The number of methoxy groups -OCH3 is 1. The zero-order chi connectivity index (χ0) is 18.9. The fourth-order valence-corrected chi connectivity index (χ4v) is 2.39. The quantitative estimate of drug-likeness (QED) is 0.674. The molecule has 0 radical (unpaired) electrons. The van der Waals surface area contributed by atoms with E-state index in [1.54, 1.807) is 25.2 Å². The molecule has 2 aromatic carbocycles. The summed E-state index contributed by atoms with van der Waals surface area (Å²) in [7, 11) is 3.10. The molecule has 0 saturated heterocycles. The van der Waals surface area contributed by atoms with Gasteiger partial charge in [0.1, 0.15) is 12.4 Å². The molecule has 0 aliphatic rings. The van der Waals surface area contributed by atoms with E-state index in [1.807, 2.05) is 37.3 Å². The van der Waals surface area contributed by atoms with Crippen molar-refractivity contribution in [3.8, 4) is 5.75 Å². The molecule has 27 heavy (non-hydrogen) atoms. The number of amides is 1. The fraction of sp³-hybridized carbons (Fsp3) is 0.300. The number of benzene rings is 2. The first-order valence-corrected chi connectivity index (χ1v) is 8.39. The molecule has 1 amide bonds. The van der Waals surface area contributed by atoms with Gasteiger partial charge in [0.15, 0.2) is 0 Å². The van der Waals surface area contributed by atoms with E-state index in [-0.39, 0.29) is 24.2 Å². The summed E-state index contributed by atoms with van der Waals surface area (Å²) < 4.78 is 10.6. The predicted molar refractivity (Wildman–Crippen MR) is 108 cm³/mol. The van der Waals surface area contributed by atoms with Crippen LogP contribution in [-0.2, 0) is 16.1 Å². The van der Waals surface area contributed by atoms with Gasteiger partial charge in [-0.05, 0) is 30.8 Å². The highest BCUT2D eigenvalue weighted by molar-refractivity contribution is 5.97. The van der Waals surface area contributed by atoms with E-state index in [1.165, 1.54) is 7.11 Å². The van der Waals surface area contributed by atoms with E-state index in [2.05, 4.69) is 10.6 Å². The summed E-state index contributed by atoms with van der Waals surface area (Å²) in [5.41, 5.74) is 1.79. The van der Waals surface area contributed by atoms with Crippen LogP contribution < -0.4 is 15.4 Å². The Morgan fingerprint density at radius 2 is 1.81 bits per heavy atom. The first-order chi connectivity index (χ1) is 12.5. The number of hydrogen-bond acceptors (Lipinski definition) is 5. The molecule has 146 valence electrons. The van der Waals surface area contributed by atoms with Crippen LogP contribution in [0.1, 0.15) is 22.8 Å². The van der Waals surface area contributed by atoms with Gasteiger partial charge < -0.3 is 20.1 Å². The van der Waals surface area contributed by atoms with E-state index in [0.29, 0.717) is 30.2 Å². The van der Waals surface area contributed by atoms with Gasteiger partial charge in [-0.15, -0.1) is 12.4 Å². The second kappa shape index (κ2) is 11.2. The summed E-state index contributed by atoms with van der Waals surface area (Å²) >= 11 is 0. The van der Waals surface area contributed by atoms with Crippen LogP contribution in [0.5, 0.6) is 5.75 Å². The first-order valence-electron chi connectivity index (χ1n) is 8.39. The average molecular weight is 393 g/mol. The van der Waals surface area contributed by atoms with E-state index in [0.717, 1.165) is 5.56 Å². The molecule has 1 atom stereocenters. The van der Waals surface area contributed by atoms with Crippen LogP contribution in [0.15, 0.2) is 48.5 Å². The second-order valence-corrected chi connectivity index (χ2v) is 5.92. The van der Waals surface area contributed by atoms with E-state index >= 15 is 0 Å². The van der Waals surface area contributed by atoms with Crippen LogP contribution in [0, 0.1) is 5.92 Å². The zero-order valence-electron chi connectivity index (χ0n) is 15.7. The van der Waals surface area contributed by atoms with Crippen molar-refractivity contribution in [2.24, 2.45) is 5.92 Å². The van der Waals surface area contributed by atoms with Gasteiger partial charge in [0, 0.05) is 12.5 Å². The lowest BCUT2D eigenvalue weighted by atomic mass is 10.1. The number of hydrogen-bond donors (Lipinski definition) is 2. The molecule has 0 saturated carbocycles. The highest BCUT2D eigenvalue weighted by Crippen LogP contribution is 2.27. The van der Waals surface area contributed by atoms with Crippen LogP contribution in [0.25, 0.3) is 0 Å². The summed E-state index contributed by atoms with van der Waals surface area (Å²) in [4.78, 5) is 24.1. The maximum Gasteiger partial charge on any atom is 0.337 e. The Labute approximate surface area is 165 Å². The molecule has 6 nitrogen and oxygen atoms in total. The molecule has 1 unspecified atom stereocenters. The van der Waals surface area contributed by atoms with Gasteiger partial charge >= 0.3 is 5.97 Å². The molecular formula is C20H25ClN2O4. The lowest BCUT2D eigenvalue weighted by Gasteiger charge is -2.16. The van der Waals surface area contributed by atoms with Gasteiger partial charge in [0.25, 0.3) is 0 Å². The Morgan fingerprint density at radius 1 is 1.11 bits per heavy atom. The maximum absolute atomic E-state index is 12.4. The number of esters is 1. The Balaban J connectivity index is 0.00000364. The molecule has 0 bridgehead atoms. The predicted octanol–water partition coefficient (Wildman–Crippen LogP) is 3.27. The third-order valence-corrected chi connectivity index (χ3v) is 3.85. The van der Waals surface area contributed by atoms with Gasteiger partial charge in [-0.3, -0.25) is 4.79 Å². The molecule has 0 heterocycles. The van der Waals surface area contributed by atoms with Gasteiger partial charge in [-0.25, -0.2) is 4.79 Å². The van der Waals surface area contributed by atoms with Crippen molar-refractivity contribution in [1.29, 1.82) is 0 Å². The Morgan fingerprint density at radius 3 is 2.44 bits per heavy atom. The SMILES string of the molecule is CNCC(C)C(=O)Nc1cc(C(=O)OC)ccc1OCc1ccccc1.Cl. The third-order valence-electron chi connectivity index (χ3n) is 3.85. The lowest BCUT2D eigenvalue weighted by molar-refractivity contribution is -0.119. The highest BCUT2D eigenvalue weighted by atomic mass is 35.5. The minimum atomic E-state index is -0.474. The highest BCUT2D eigenvalue weighted by Gasteiger charge is 2.17. The number of carbonyl (C=O) groups excluding carboxylic acids is 2. The summed E-state index contributed by atoms with van der Waals surface area (Å²) in [6.45, 7) is 2.72. The van der Waals surface area contributed by atoms with Crippen molar-refractivity contribution in [3.05, 3.63) is 59.7 Å². The van der Waals surface area contributed by atoms with E-state index < -0.39 is 5.97 Å². The normalized spacial score (nSPS) is 11.1. The molecule has 2 aromatic rings. The topological polar surface area (TPSA) is 76.7 Å². The largest absolute Gasteiger partial charge is 0.487 e. The monoisotopic (exact) mass is 392 g/mol. The smallest absolute Gasteiger partial charge is 0.337 e. The van der Waals surface area contributed by atoms with E-state index in [4.69, 9.17) is 9.47 Å². The van der Waals surface area contributed by atoms with E-state index in [9.17, 15) is 9.59 Å². The van der Waals surface area contributed by atoms with Crippen LogP contribution in [0.4, 0.5) is 5.69 Å². The third kappa shape index (κ3) is 6.58. The molecule has 7 heteroatoms. The Hall–Kier alpha value is -2.57. The van der Waals surface area contributed by atoms with Crippen molar-refractivity contribution >= 4 is 30.0 Å². The van der Waals surface area contributed by atoms with Crippen molar-refractivity contribution in [2.75, 3.05) is 26.0 Å². The number of rotatable bonds is 8. The Bertz CT molecular complexity index is 753. The second-order valence-electron chi connectivity index (χ2n) is 5.92. The summed E-state index contributed by atoms with van der Waals surface area (Å²) in [6, 6.07) is 14.5. The van der Waals surface area contributed by atoms with Crippen LogP contribution in [0.3, 0.4) is 0 Å². The van der Waals surface area contributed by atoms with Crippen molar-refractivity contribution in [3.63, 3.8) is 0 Å². The van der Waals surface area contributed by atoms with Crippen LogP contribution in [0.2, 0.25) is 0 Å². The number of ether oxygens (including phenoxy) is 2. The van der Waals surface area contributed by atoms with Crippen molar-refractivity contribution in [1.82, 2.24) is 5.32 Å². The number of carbonyl (C=O) groups is 2. The number of anilines is 1. The van der Waals surface area contributed by atoms with Crippen LogP contribution >= 0.6 is 12.4 Å². The molecule has 0 aromatic heterocycles. The molecule has 0 spiro atoms. The molecule has 2 rings (SSSR count). The van der Waals surface area contributed by atoms with Gasteiger partial charge in [0.2, 0.25) is 5.91 Å². The Kier molecular flexibility index (Phi) is 9.33. The summed E-state index contributed by atoms with van der Waals surface area (Å²) in [5.74, 6) is -0.375. The molecule has 0 aliphatic carbocycles. The standard InChI is InChI=1S/C20H24N2O4.ClH/c1-14(12-21-2)19(23)22-17-11-16(20(24)25-3)9-10-18(17)26-13-15-7-5-4-6-8-15;/h4-11,14,21H,12-13H2,1-3H3,(H,22,23);1H. The average Bonchev–Trinajstić information content (AvgIpc) is 2.67. The molecule has 2 N–H and O–H groups in total. The minimum absolute atomic E-state index is 0. The van der Waals surface area contributed by atoms with Crippen molar-refractivity contribution < 1.29 is 19.1 Å². The van der Waals surface area contributed by atoms with Gasteiger partial charge in [-0.2, -0.15) is 0 Å². The van der Waals surface area contributed by atoms with Gasteiger partial charge in [0.05, 0.1) is 18.4 Å². The minimum Gasteiger partial charge on any atom is -0.487 e. The number of nitrogens with one attached hydrogen (secondary N) is 2. The summed E-state index contributed by atoms with van der Waals surface area (Å²) in [6.07, 6.45) is 0. The van der Waals surface area contributed by atoms with Crippen molar-refractivity contribution in [2.45, 2.75) is 13.5 Å². The number of halogens is 1. The van der Waals surface area contributed by atoms with Crippen LogP contribution in [-0.4, -0.2) is 32.6 Å². The molecular weight excluding hydrogens is 368 g/mol. The molecule has 0 fully saturated rings. The lowest BCUT2D eigenvalue weighted by Crippen LogP contribution is -2.28. The fourth-order valence-electron chi connectivity index (χ4n) is 2.39. The molecule has 0 aliphatic heterocycles. The first kappa shape index (κ1) is 22.5.